The molecule has 12 N–H and O–H groups in total. The first-order valence-electron chi connectivity index (χ1n) is 45.8. The minimum atomic E-state index is -0.298. The molecule has 3 amide bonds. The zero-order valence-electron chi connectivity index (χ0n) is 81.6. The van der Waals surface area contributed by atoms with Crippen molar-refractivity contribution in [2.45, 2.75) is 212 Å². The Labute approximate surface area is 848 Å². The molecule has 138 heavy (non-hydrogen) atoms. The Kier molecular flexibility index (Phi) is 33.7. The number of nitrogens with one attached hydrogen (secondary N) is 6. The Bertz CT molecular complexity index is 5850. The number of carbonyl (C=O) groups excluding carboxylic acids is 3. The summed E-state index contributed by atoms with van der Waals surface area (Å²) in [7, 11) is 0. The molecule has 4 aromatic heterocycles. The standard InChI is InChI=1S/C105H123Br3N24O3S3/c1-100(2,3)46-49-112-91-118-88(109)121-94(124-91)115-82-43-40-73(106)55-79(82)85(133)130(58-64-28-34-70(35-29-64)103(10,11)12)76-25-19-22-67(52-76)61-136-97-127-98(137-62-68-23-20-26-77(53-68)131(59-65-30-36-71(37-31-65)104(13,14)15)86(134)80-56-74(107)41-44-83(80)116-95-122-89(110)119-92(125-95)113-50-47-101(4,5)6)129-99(128-97)138-63-69-24-21-27-78(54-69)132(60-66-32-38-72(39-33-66)105(16,17)18)87(135)81-57-75(108)42-45-84(81)117-96-123-90(111)120-93(126-96)114-51-48-102(7,8)9/h19-45,52-57H,46-51,58-63H2,1-18H3,(H4,109,112,115,118,121,124)(H4,110,113,116,119,122,125)(H4,111,114,117,120,123,126). The fraction of sp³-hybridized carbons (Fsp3) is 0.343. The van der Waals surface area contributed by atoms with Gasteiger partial charge in [-0.3, -0.25) is 14.4 Å². The zero-order valence-corrected chi connectivity index (χ0v) is 88.8. The molecule has 9 aromatic carbocycles. The summed E-state index contributed by atoms with van der Waals surface area (Å²) >= 11 is 15.4. The van der Waals surface area contributed by atoms with Gasteiger partial charge < -0.3 is 63.8 Å². The molecule has 720 valence electrons. The maximum absolute atomic E-state index is 15.9. The van der Waals surface area contributed by atoms with E-state index in [2.05, 4.69) is 307 Å². The molecule has 0 bridgehead atoms. The van der Waals surface area contributed by atoms with Crippen LogP contribution in [0.15, 0.2) is 229 Å². The van der Waals surface area contributed by atoms with Crippen LogP contribution in [0.25, 0.3) is 0 Å². The van der Waals surface area contributed by atoms with Crippen LogP contribution in [-0.4, -0.2) is 97.2 Å². The van der Waals surface area contributed by atoms with Crippen molar-refractivity contribution in [1.82, 2.24) is 59.8 Å². The average molecular weight is 2110 g/mol. The molecule has 33 heteroatoms. The van der Waals surface area contributed by atoms with Gasteiger partial charge in [0.05, 0.1) is 53.4 Å². The van der Waals surface area contributed by atoms with E-state index in [4.69, 9.17) is 47.1 Å². The van der Waals surface area contributed by atoms with Gasteiger partial charge in [0, 0.05) is 67.4 Å². The average Bonchev–Trinajstić information content (AvgIpc) is 0.799. The number of benzene rings is 9. The summed E-state index contributed by atoms with van der Waals surface area (Å²) in [6, 6.07) is 65.5. The molecule has 0 fully saturated rings. The van der Waals surface area contributed by atoms with E-state index in [1.807, 2.05) is 109 Å². The number of amides is 3. The first kappa shape index (κ1) is 103. The van der Waals surface area contributed by atoms with Crippen LogP contribution in [0.4, 0.5) is 87.7 Å². The zero-order chi connectivity index (χ0) is 99.2. The van der Waals surface area contributed by atoms with Crippen LogP contribution in [0.3, 0.4) is 0 Å². The van der Waals surface area contributed by atoms with Crippen molar-refractivity contribution in [3.63, 3.8) is 0 Å². The first-order chi connectivity index (χ1) is 65.2. The molecular formula is C105H123Br3N24O3S3. The fourth-order valence-electron chi connectivity index (χ4n) is 14.6. The molecule has 13 rings (SSSR count). The Hall–Kier alpha value is -11.9. The van der Waals surface area contributed by atoms with Gasteiger partial charge >= 0.3 is 0 Å². The normalized spacial score (nSPS) is 12.0. The highest BCUT2D eigenvalue weighted by Crippen LogP contribution is 2.39. The second-order valence-corrected chi connectivity index (χ2v) is 46.3. The lowest BCUT2D eigenvalue weighted by Gasteiger charge is -2.26. The molecule has 0 radical (unpaired) electrons. The van der Waals surface area contributed by atoms with Crippen molar-refractivity contribution < 1.29 is 14.4 Å². The van der Waals surface area contributed by atoms with Crippen molar-refractivity contribution in [3.8, 4) is 0 Å². The number of nitrogens with zero attached hydrogens (tertiary/aromatic N) is 15. The first-order valence-corrected chi connectivity index (χ1v) is 51.2. The molecule has 0 unspecified atom stereocenters. The van der Waals surface area contributed by atoms with E-state index in [9.17, 15) is 0 Å². The molecule has 0 atom stereocenters. The Balaban J connectivity index is 0.846. The van der Waals surface area contributed by atoms with Gasteiger partial charge in [-0.1, -0.05) is 317 Å². The van der Waals surface area contributed by atoms with E-state index < -0.39 is 0 Å². The lowest BCUT2D eigenvalue weighted by molar-refractivity contribution is 0.0978. The maximum Gasteiger partial charge on any atom is 0.260 e. The number of hydrogen-bond acceptors (Lipinski definition) is 27. The summed E-state index contributed by atoms with van der Waals surface area (Å²) in [6.45, 7) is 41.6. The van der Waals surface area contributed by atoms with Crippen molar-refractivity contribution in [2.24, 2.45) is 16.2 Å². The van der Waals surface area contributed by atoms with E-state index in [0.29, 0.717) is 134 Å². The quantitative estimate of drug-likeness (QED) is 0.0165. The highest BCUT2D eigenvalue weighted by molar-refractivity contribution is 9.11. The number of halogens is 3. The summed E-state index contributed by atoms with van der Waals surface area (Å²) in [5, 5.41) is 21.2. The van der Waals surface area contributed by atoms with E-state index in [1.54, 1.807) is 32.9 Å². The van der Waals surface area contributed by atoms with E-state index in [1.165, 1.54) is 35.3 Å². The summed E-state index contributed by atoms with van der Waals surface area (Å²) in [5.41, 5.74) is 32.0. The third-order valence-electron chi connectivity index (χ3n) is 22.4. The van der Waals surface area contributed by atoms with Gasteiger partial charge in [-0.05, 0) is 193 Å². The highest BCUT2D eigenvalue weighted by Gasteiger charge is 2.30. The number of hydrogen-bond donors (Lipinski definition) is 9. The maximum atomic E-state index is 15.9. The summed E-state index contributed by atoms with van der Waals surface area (Å²) in [5.74, 6) is 1.71. The topological polar surface area (TPSA) is 366 Å². The smallest absolute Gasteiger partial charge is 0.260 e. The van der Waals surface area contributed by atoms with Gasteiger partial charge in [0.1, 0.15) is 0 Å². The number of nitrogens with two attached hydrogens (primary N) is 3. The van der Waals surface area contributed by atoms with Crippen molar-refractivity contribution >= 4 is 188 Å². The molecule has 4 heterocycles. The molecule has 0 spiro atoms. The fourth-order valence-corrected chi connectivity index (χ4v) is 18.1. The second kappa shape index (κ2) is 44.9. The van der Waals surface area contributed by atoms with Crippen LogP contribution in [0.5, 0.6) is 0 Å². The lowest BCUT2D eigenvalue weighted by atomic mass is 9.86. The van der Waals surface area contributed by atoms with Crippen molar-refractivity contribution in [1.29, 1.82) is 0 Å². The molecule has 13 aromatic rings. The minimum Gasteiger partial charge on any atom is -0.368 e. The van der Waals surface area contributed by atoms with Crippen LogP contribution >= 0.6 is 83.1 Å². The lowest BCUT2D eigenvalue weighted by Crippen LogP contribution is -2.31. The van der Waals surface area contributed by atoms with Crippen molar-refractivity contribution in [2.75, 3.05) is 83.4 Å². The molecule has 0 aliphatic carbocycles. The number of carbonyl (C=O) groups is 3. The molecule has 27 nitrogen and oxygen atoms in total. The number of rotatable bonds is 36. The highest BCUT2D eigenvalue weighted by atomic mass is 79.9. The summed E-state index contributed by atoms with van der Waals surface area (Å²) in [4.78, 5) is 109. The Morgan fingerprint density at radius 3 is 0.783 bits per heavy atom. The van der Waals surface area contributed by atoms with Gasteiger partial charge in [0.15, 0.2) is 15.5 Å². The SMILES string of the molecule is CC(C)(C)CCNc1nc(N)nc(Nc2ccc(Br)cc2C(=O)N(Cc2ccc(C(C)(C)C)cc2)c2cccc(CSc3nc(SCc4cccc(N(Cc5ccc(C(C)(C)C)cc5)C(=O)c5cc(Br)ccc5Nc5nc(N)nc(NCCC(C)(C)C)n5)c4)nc(SCc4cccc(N(Cc5ccc(C(C)(C)C)cc5)C(=O)c5cc(Br)ccc5Nc5nc(N)nc(NCCC(C)(C)C)n5)c4)n3)c2)n1. The van der Waals surface area contributed by atoms with E-state index in [-0.39, 0.29) is 106 Å². The largest absolute Gasteiger partial charge is 0.368 e. The molecular weight excluding hydrogens is 1980 g/mol. The number of nitrogen functional groups attached to an aromatic ring is 3. The number of aromatic nitrogens is 12. The third kappa shape index (κ3) is 30.3. The second-order valence-electron chi connectivity index (χ2n) is 40.8. The Morgan fingerprint density at radius 1 is 0.297 bits per heavy atom. The number of anilines is 15. The van der Waals surface area contributed by atoms with Crippen LogP contribution in [0, 0.1) is 16.2 Å². The predicted molar refractivity (Wildman–Crippen MR) is 577 cm³/mol. The third-order valence-corrected chi connectivity index (χ3v) is 26.6. The predicted octanol–water partition coefficient (Wildman–Crippen LogP) is 25.5. The molecule has 0 aliphatic rings. The van der Waals surface area contributed by atoms with Gasteiger partial charge in [-0.15, -0.1) is 0 Å². The van der Waals surface area contributed by atoms with Crippen LogP contribution < -0.4 is 63.8 Å². The van der Waals surface area contributed by atoms with Gasteiger partial charge in [-0.2, -0.15) is 59.8 Å². The van der Waals surface area contributed by atoms with Crippen LogP contribution in [-0.2, 0) is 53.1 Å². The monoisotopic (exact) mass is 2100 g/mol. The van der Waals surface area contributed by atoms with Gasteiger partial charge in [0.25, 0.3) is 17.7 Å². The van der Waals surface area contributed by atoms with Gasteiger partial charge in [0.2, 0.25) is 53.5 Å². The van der Waals surface area contributed by atoms with E-state index >= 15 is 14.4 Å². The molecule has 0 aliphatic heterocycles. The van der Waals surface area contributed by atoms with Crippen LogP contribution in [0.2, 0.25) is 0 Å². The van der Waals surface area contributed by atoms with Gasteiger partial charge in [-0.25, -0.2) is 0 Å². The van der Waals surface area contributed by atoms with E-state index in [0.717, 1.165) is 69.3 Å². The molecule has 0 saturated heterocycles. The number of thioether (sulfide) groups is 3. The van der Waals surface area contributed by atoms with Crippen LogP contribution in [0.1, 0.15) is 225 Å². The Morgan fingerprint density at radius 2 is 0.543 bits per heavy atom. The molecule has 0 saturated carbocycles. The van der Waals surface area contributed by atoms with Crippen molar-refractivity contribution in [3.05, 3.63) is 280 Å². The summed E-state index contributed by atoms with van der Waals surface area (Å²) in [6.07, 6.45) is 2.56. The summed E-state index contributed by atoms with van der Waals surface area (Å²) < 4.78 is 2.05. The minimum absolute atomic E-state index is 0.0136.